The standard InChI is InChI=1S/C26H22N6O2.C24H25N7O2.C22H18Cl2N6O2/c1-16-7-8-19(25(33)30-20-10-9-17-5-3-4-6-18(17)13-20)14-22(16)31-26(34)32(2)24-21-11-12-27-23(21)28-15-29-24;1-15-8-9-16(23(32)28-17-6-5-7-18(13-17)30(2)3)12-20(15)29-24(33)31(4)22-19-10-11-25-21(19)26-14-27-22;1-12-6-7-13(21(31)29-18-15(23)4-3-5-16(18)24)10-17(12)28-22(32)30(2)20-14-8-9-25-19(14)26-11-27-20/h3-15H,1-2H3,(H,30,33)(H,31,34)(H,27,28,29);5-14H,1-4H3,(H,28,32)(H,29,33)(H,25,26,27);3-11H,1-2H3,(H,28,32)(H,29,31)(H,25,26,27). The van der Waals surface area contributed by atoms with Gasteiger partial charge < -0.3 is 51.8 Å². The van der Waals surface area contributed by atoms with Crippen molar-refractivity contribution < 1.29 is 28.8 Å². The molecule has 99 heavy (non-hydrogen) atoms. The van der Waals surface area contributed by atoms with Gasteiger partial charge in [-0.1, -0.05) is 83.9 Å². The minimum Gasteiger partial charge on any atom is -0.378 e. The summed E-state index contributed by atoms with van der Waals surface area (Å²) in [6, 6.07) is 45.9. The number of amides is 9. The molecule has 0 aliphatic carbocycles. The number of aryl methyl sites for hydroxylation is 3. The van der Waals surface area contributed by atoms with Gasteiger partial charge in [-0.05, 0) is 145 Å². The van der Waals surface area contributed by atoms with E-state index in [0.29, 0.717) is 101 Å². The molecule has 0 radical (unpaired) electrons. The second kappa shape index (κ2) is 29.9. The molecule has 0 unspecified atom stereocenters. The van der Waals surface area contributed by atoms with E-state index in [1.807, 2.05) is 119 Å². The van der Waals surface area contributed by atoms with Gasteiger partial charge in [0.25, 0.3) is 17.7 Å². The Bertz CT molecular complexity index is 5210. The summed E-state index contributed by atoms with van der Waals surface area (Å²) in [5.74, 6) is 0.476. The Morgan fingerprint density at radius 3 is 1.17 bits per heavy atom. The molecule has 13 rings (SSSR count). The number of nitrogens with one attached hydrogen (secondary N) is 9. The molecule has 0 atom stereocenters. The zero-order valence-corrected chi connectivity index (χ0v) is 56.2. The number of rotatable bonds is 13. The Kier molecular flexibility index (Phi) is 20.4. The molecule has 13 aromatic rings. The smallest absolute Gasteiger partial charge is 0.327 e. The lowest BCUT2D eigenvalue weighted by Crippen LogP contribution is -2.32. The Morgan fingerprint density at radius 2 is 0.758 bits per heavy atom. The van der Waals surface area contributed by atoms with Gasteiger partial charge in [0.05, 0.1) is 31.9 Å². The summed E-state index contributed by atoms with van der Waals surface area (Å²) >= 11 is 12.3. The van der Waals surface area contributed by atoms with E-state index < -0.39 is 11.9 Å². The highest BCUT2D eigenvalue weighted by atomic mass is 35.5. The van der Waals surface area contributed by atoms with Crippen LogP contribution < -0.4 is 51.5 Å². The lowest BCUT2D eigenvalue weighted by atomic mass is 10.1. The molecule has 0 aliphatic heterocycles. The second-order valence-corrected chi connectivity index (χ2v) is 23.6. The lowest BCUT2D eigenvalue weighted by molar-refractivity contribution is 0.101. The SMILES string of the molecule is Cc1ccc(C(=O)Nc2c(Cl)cccc2Cl)cc1NC(=O)N(C)c1ncnc2[nH]ccc12.Cc1ccc(C(=O)Nc2ccc3ccccc3c2)cc1NC(=O)N(C)c1ncnc2[nH]ccc12.Cc1ccc(C(=O)Nc2cccc(N(C)C)c2)cc1NC(=O)N(C)c1ncnc2[nH]ccc12. The first-order chi connectivity index (χ1) is 47.7. The van der Waals surface area contributed by atoms with Crippen molar-refractivity contribution in [2.45, 2.75) is 20.8 Å². The Labute approximate surface area is 577 Å². The number of aromatic nitrogens is 9. The molecule has 0 spiro atoms. The summed E-state index contributed by atoms with van der Waals surface area (Å²) in [5, 5.41) is 22.1. The highest BCUT2D eigenvalue weighted by Gasteiger charge is 2.23. The third-order valence-corrected chi connectivity index (χ3v) is 16.5. The minimum absolute atomic E-state index is 0.260. The largest absolute Gasteiger partial charge is 0.378 e. The van der Waals surface area contributed by atoms with Crippen LogP contribution in [-0.4, -0.2) is 116 Å². The average molecular weight is 1360 g/mol. The number of carbonyl (C=O) groups excluding carboxylic acids is 6. The van der Waals surface area contributed by atoms with Gasteiger partial charge in [0, 0.05) is 105 Å². The molecule has 7 aromatic carbocycles. The molecule has 6 aromatic heterocycles. The van der Waals surface area contributed by atoms with Crippen LogP contribution in [0.25, 0.3) is 43.9 Å². The van der Waals surface area contributed by atoms with E-state index >= 15 is 0 Å². The quantitative estimate of drug-likeness (QED) is 0.0519. The zero-order chi connectivity index (χ0) is 70.0. The number of fused-ring (bicyclic) bond motifs is 4. The third kappa shape index (κ3) is 15.7. The zero-order valence-electron chi connectivity index (χ0n) is 54.7. The number of hydrogen-bond acceptors (Lipinski definition) is 13. The molecule has 0 bridgehead atoms. The fourth-order valence-electron chi connectivity index (χ4n) is 10.3. The number of anilines is 10. The second-order valence-electron chi connectivity index (χ2n) is 22.8. The van der Waals surface area contributed by atoms with Crippen LogP contribution in [0.5, 0.6) is 0 Å². The summed E-state index contributed by atoms with van der Waals surface area (Å²) in [7, 11) is 8.75. The summed E-state index contributed by atoms with van der Waals surface area (Å²) in [6.45, 7) is 5.57. The fourth-order valence-corrected chi connectivity index (χ4v) is 10.8. The summed E-state index contributed by atoms with van der Waals surface area (Å²) in [5.41, 5.74) is 9.84. The molecular weight excluding hydrogens is 1300 g/mol. The first-order valence-corrected chi connectivity index (χ1v) is 31.4. The van der Waals surface area contributed by atoms with Gasteiger partial charge in [0.15, 0.2) is 0 Å². The summed E-state index contributed by atoms with van der Waals surface area (Å²) in [6.07, 6.45) is 9.41. The first kappa shape index (κ1) is 67.7. The lowest BCUT2D eigenvalue weighted by Gasteiger charge is -2.19. The molecule has 25 nitrogen and oxygen atoms in total. The van der Waals surface area contributed by atoms with Crippen LogP contribution in [0.15, 0.2) is 195 Å². The third-order valence-electron chi connectivity index (χ3n) is 15.9. The van der Waals surface area contributed by atoms with Crippen molar-refractivity contribution in [1.82, 2.24) is 44.9 Å². The maximum absolute atomic E-state index is 13.0. The van der Waals surface area contributed by atoms with Crippen molar-refractivity contribution in [2.24, 2.45) is 0 Å². The maximum atomic E-state index is 13.0. The van der Waals surface area contributed by atoms with Gasteiger partial charge in [0.1, 0.15) is 53.4 Å². The minimum atomic E-state index is -0.416. The van der Waals surface area contributed by atoms with E-state index in [9.17, 15) is 28.8 Å². The van der Waals surface area contributed by atoms with E-state index in [1.165, 1.54) is 33.7 Å². The molecule has 9 N–H and O–H groups in total. The van der Waals surface area contributed by atoms with Crippen molar-refractivity contribution in [1.29, 1.82) is 0 Å². The molecule has 27 heteroatoms. The maximum Gasteiger partial charge on any atom is 0.327 e. The Balaban J connectivity index is 0.000000150. The van der Waals surface area contributed by atoms with Gasteiger partial charge in [-0.15, -0.1) is 0 Å². The number of urea groups is 3. The summed E-state index contributed by atoms with van der Waals surface area (Å²) < 4.78 is 0. The van der Waals surface area contributed by atoms with Crippen LogP contribution in [0.4, 0.5) is 71.6 Å². The number of hydrogen-bond donors (Lipinski definition) is 9. The topological polar surface area (TPSA) is 312 Å². The first-order valence-electron chi connectivity index (χ1n) is 30.6. The normalized spacial score (nSPS) is 10.8. The van der Waals surface area contributed by atoms with Crippen LogP contribution in [0, 0.1) is 20.8 Å². The van der Waals surface area contributed by atoms with Crippen LogP contribution in [0.3, 0.4) is 0 Å². The number of aromatic amines is 3. The van der Waals surface area contributed by atoms with Gasteiger partial charge in [0.2, 0.25) is 0 Å². The number of H-pyrrole nitrogens is 3. The van der Waals surface area contributed by atoms with E-state index in [-0.39, 0.29) is 23.9 Å². The van der Waals surface area contributed by atoms with E-state index in [0.717, 1.165) is 43.9 Å². The highest BCUT2D eigenvalue weighted by Crippen LogP contribution is 2.32. The molecule has 9 amide bonds. The number of carbonyl (C=O) groups is 6. The van der Waals surface area contributed by atoms with Crippen molar-refractivity contribution in [3.05, 3.63) is 239 Å². The van der Waals surface area contributed by atoms with E-state index in [4.69, 9.17) is 23.2 Å². The molecule has 0 aliphatic rings. The molecule has 0 fully saturated rings. The van der Waals surface area contributed by atoms with Gasteiger partial charge in [-0.25, -0.2) is 44.3 Å². The van der Waals surface area contributed by atoms with Crippen molar-refractivity contribution in [2.75, 3.05) is 86.7 Å². The van der Waals surface area contributed by atoms with Gasteiger partial charge >= 0.3 is 18.1 Å². The summed E-state index contributed by atoms with van der Waals surface area (Å²) in [4.78, 5) is 118. The molecule has 6 heterocycles. The van der Waals surface area contributed by atoms with Gasteiger partial charge in [-0.3, -0.25) is 29.1 Å². The number of nitrogens with zero attached hydrogens (tertiary/aromatic N) is 10. The average Bonchev–Trinajstić information content (AvgIpc) is 1.77. The Morgan fingerprint density at radius 1 is 0.374 bits per heavy atom. The number of para-hydroxylation sites is 1. The van der Waals surface area contributed by atoms with Crippen LogP contribution in [0.2, 0.25) is 10.0 Å². The fraction of sp³-hybridized carbons (Fsp3) is 0.111. The predicted octanol–water partition coefficient (Wildman–Crippen LogP) is 15.1. The van der Waals surface area contributed by atoms with E-state index in [1.54, 1.807) is 119 Å². The predicted molar refractivity (Wildman–Crippen MR) is 393 cm³/mol. The number of benzene rings is 7. The molecule has 0 saturated carbocycles. The van der Waals surface area contributed by atoms with E-state index in [2.05, 4.69) is 76.8 Å². The number of halogens is 2. The monoisotopic (exact) mass is 1360 g/mol. The van der Waals surface area contributed by atoms with Crippen LogP contribution in [0.1, 0.15) is 47.8 Å². The van der Waals surface area contributed by atoms with Crippen LogP contribution in [-0.2, 0) is 0 Å². The van der Waals surface area contributed by atoms with Crippen molar-refractivity contribution in [3.8, 4) is 0 Å². The highest BCUT2D eigenvalue weighted by molar-refractivity contribution is 6.40. The molecule has 0 saturated heterocycles. The van der Waals surface area contributed by atoms with Crippen molar-refractivity contribution in [3.63, 3.8) is 0 Å². The van der Waals surface area contributed by atoms with Crippen LogP contribution >= 0.6 is 23.2 Å². The molecular formula is C72H65Cl2N19O6. The van der Waals surface area contributed by atoms with Gasteiger partial charge in [-0.2, -0.15) is 0 Å². The van der Waals surface area contributed by atoms with Crippen molar-refractivity contribution >= 4 is 160 Å². The molecule has 498 valence electrons. The Hall–Kier alpha value is -12.7.